The highest BCUT2D eigenvalue weighted by Gasteiger charge is 2.39. The Kier molecular flexibility index (Phi) is 3.89. The zero-order valence-electron chi connectivity index (χ0n) is 11.4. The molecule has 0 fully saturated rings. The molecule has 1 aromatic rings. The van der Waals surface area contributed by atoms with Gasteiger partial charge in [0.05, 0.1) is 12.3 Å². The van der Waals surface area contributed by atoms with Crippen LogP contribution in [0.3, 0.4) is 0 Å². The second-order valence-electron chi connectivity index (χ2n) is 5.89. The lowest BCUT2D eigenvalue weighted by atomic mass is 10.2. The van der Waals surface area contributed by atoms with Gasteiger partial charge in [0.15, 0.2) is 0 Å². The van der Waals surface area contributed by atoms with Crippen molar-refractivity contribution in [2.45, 2.75) is 45.5 Å². The first-order valence-corrected chi connectivity index (χ1v) is 8.76. The number of benzene rings is 1. The van der Waals surface area contributed by atoms with Gasteiger partial charge in [0.25, 0.3) is 8.32 Å². The minimum Gasteiger partial charge on any atom is -0.542 e. The van der Waals surface area contributed by atoms with Crippen molar-refractivity contribution < 1.29 is 9.53 Å². The molecule has 0 spiro atoms. The first-order chi connectivity index (χ1) is 7.67. The molecule has 17 heavy (non-hydrogen) atoms. The van der Waals surface area contributed by atoms with Gasteiger partial charge >= 0.3 is 0 Å². The maximum atomic E-state index is 9.13. The summed E-state index contributed by atoms with van der Waals surface area (Å²) < 4.78 is 6.14. The van der Waals surface area contributed by atoms with E-state index in [2.05, 4.69) is 33.9 Å². The summed E-state index contributed by atoms with van der Waals surface area (Å²) in [5.74, 6) is 0.697. The average Bonchev–Trinajstić information content (AvgIpc) is 2.19. The van der Waals surface area contributed by atoms with Crippen LogP contribution >= 0.6 is 0 Å². The lowest BCUT2D eigenvalue weighted by Gasteiger charge is -2.36. The molecule has 0 saturated carbocycles. The summed E-state index contributed by atoms with van der Waals surface area (Å²) >= 11 is 0. The maximum absolute atomic E-state index is 9.13. The van der Waals surface area contributed by atoms with E-state index < -0.39 is 8.32 Å². The van der Waals surface area contributed by atoms with Gasteiger partial charge in [-0.3, -0.25) is 0 Å². The summed E-state index contributed by atoms with van der Waals surface area (Å²) in [6.07, 6.45) is 0. The van der Waals surface area contributed by atoms with Crippen molar-refractivity contribution in [3.05, 3.63) is 23.8 Å². The van der Waals surface area contributed by atoms with Crippen molar-refractivity contribution in [2.75, 3.05) is 5.73 Å². The van der Waals surface area contributed by atoms with Crippen LogP contribution in [0.5, 0.6) is 5.75 Å². The van der Waals surface area contributed by atoms with Crippen LogP contribution < -0.4 is 10.2 Å². The van der Waals surface area contributed by atoms with Crippen LogP contribution in [-0.2, 0) is 6.61 Å². The van der Waals surface area contributed by atoms with Gasteiger partial charge in [0, 0.05) is 0 Å². The number of rotatable bonds is 3. The second-order valence-corrected chi connectivity index (χ2v) is 10.6. The lowest BCUT2D eigenvalue weighted by molar-refractivity contribution is 0.281. The van der Waals surface area contributed by atoms with Crippen molar-refractivity contribution in [2.24, 2.45) is 0 Å². The van der Waals surface area contributed by atoms with Gasteiger partial charge in [-0.1, -0.05) is 26.8 Å². The van der Waals surface area contributed by atoms with Crippen LogP contribution in [0.15, 0.2) is 18.2 Å². The summed E-state index contributed by atoms with van der Waals surface area (Å²) in [5, 5.41) is 9.26. The molecule has 1 aromatic carbocycles. The third-order valence-corrected chi connectivity index (χ3v) is 7.77. The fourth-order valence-electron chi connectivity index (χ4n) is 1.19. The molecular weight excluding hydrogens is 230 g/mol. The number of aliphatic hydroxyl groups is 1. The van der Waals surface area contributed by atoms with E-state index in [1.54, 1.807) is 6.07 Å². The minimum atomic E-state index is -1.87. The van der Waals surface area contributed by atoms with Crippen LogP contribution in [0.25, 0.3) is 0 Å². The van der Waals surface area contributed by atoms with E-state index in [1.807, 2.05) is 12.1 Å². The second kappa shape index (κ2) is 4.70. The van der Waals surface area contributed by atoms with Crippen LogP contribution in [0.2, 0.25) is 18.1 Å². The predicted octanol–water partition coefficient (Wildman–Crippen LogP) is 3.15. The molecule has 0 bridgehead atoms. The van der Waals surface area contributed by atoms with Crippen LogP contribution in [0, 0.1) is 0 Å². The standard InChI is InChI=1S/C13H23NO2Si/c1-13(2,3)17(4,5)16-12-8-10(9-15)6-7-11(12)14/h6-8,15H,9,14H2,1-5H3. The lowest BCUT2D eigenvalue weighted by Crippen LogP contribution is -2.44. The van der Waals surface area contributed by atoms with Crippen molar-refractivity contribution in [3.8, 4) is 5.75 Å². The molecule has 0 atom stereocenters. The summed E-state index contributed by atoms with van der Waals surface area (Å²) in [7, 11) is -1.87. The Morgan fingerprint density at radius 3 is 2.35 bits per heavy atom. The highest BCUT2D eigenvalue weighted by atomic mass is 28.4. The number of nitrogens with two attached hydrogens (primary N) is 1. The van der Waals surface area contributed by atoms with Gasteiger partial charge in [0.2, 0.25) is 0 Å². The molecule has 0 aliphatic heterocycles. The van der Waals surface area contributed by atoms with Crippen LogP contribution in [-0.4, -0.2) is 13.4 Å². The highest BCUT2D eigenvalue weighted by molar-refractivity contribution is 6.74. The number of nitrogen functional groups attached to an aromatic ring is 1. The zero-order valence-corrected chi connectivity index (χ0v) is 12.4. The molecule has 0 saturated heterocycles. The Morgan fingerprint density at radius 2 is 1.88 bits per heavy atom. The smallest absolute Gasteiger partial charge is 0.250 e. The highest BCUT2D eigenvalue weighted by Crippen LogP contribution is 2.38. The summed E-state index contributed by atoms with van der Waals surface area (Å²) in [6.45, 7) is 10.9. The molecule has 1 rings (SSSR count). The van der Waals surface area contributed by atoms with E-state index in [9.17, 15) is 0 Å². The third-order valence-electron chi connectivity index (χ3n) is 3.43. The van der Waals surface area contributed by atoms with Gasteiger partial charge in [-0.15, -0.1) is 0 Å². The summed E-state index contributed by atoms with van der Waals surface area (Å²) in [6, 6.07) is 5.43. The van der Waals surface area contributed by atoms with E-state index >= 15 is 0 Å². The Bertz CT molecular complexity index is 397. The normalized spacial score (nSPS) is 12.6. The van der Waals surface area contributed by atoms with Crippen molar-refractivity contribution in [1.29, 1.82) is 0 Å². The first-order valence-electron chi connectivity index (χ1n) is 5.85. The SMILES string of the molecule is CC(C)(C)[Si](C)(C)Oc1cc(CO)ccc1N. The Balaban J connectivity index is 3.02. The quantitative estimate of drug-likeness (QED) is 0.642. The van der Waals surface area contributed by atoms with Gasteiger partial charge in [-0.25, -0.2) is 0 Å². The monoisotopic (exact) mass is 253 g/mol. The number of anilines is 1. The molecule has 0 aliphatic rings. The topological polar surface area (TPSA) is 55.5 Å². The van der Waals surface area contributed by atoms with E-state index in [0.717, 1.165) is 5.56 Å². The summed E-state index contributed by atoms with van der Waals surface area (Å²) in [5.41, 5.74) is 7.37. The third kappa shape index (κ3) is 3.23. The Labute approximate surface area is 105 Å². The Hall–Kier alpha value is -1.00. The molecule has 0 aromatic heterocycles. The van der Waals surface area contributed by atoms with Gasteiger partial charge in [-0.05, 0) is 35.8 Å². The van der Waals surface area contributed by atoms with Gasteiger partial charge in [-0.2, -0.15) is 0 Å². The number of hydrogen-bond acceptors (Lipinski definition) is 3. The molecule has 96 valence electrons. The van der Waals surface area contributed by atoms with Crippen molar-refractivity contribution in [3.63, 3.8) is 0 Å². The van der Waals surface area contributed by atoms with E-state index in [0.29, 0.717) is 11.4 Å². The largest absolute Gasteiger partial charge is 0.542 e. The predicted molar refractivity (Wildman–Crippen MR) is 74.6 cm³/mol. The fourth-order valence-corrected chi connectivity index (χ4v) is 2.23. The molecule has 0 unspecified atom stereocenters. The van der Waals surface area contributed by atoms with Crippen LogP contribution in [0.4, 0.5) is 5.69 Å². The maximum Gasteiger partial charge on any atom is 0.250 e. The molecule has 0 aliphatic carbocycles. The van der Waals surface area contributed by atoms with E-state index in [-0.39, 0.29) is 11.6 Å². The first kappa shape index (κ1) is 14.1. The minimum absolute atomic E-state index is 0.00808. The Morgan fingerprint density at radius 1 is 1.29 bits per heavy atom. The molecule has 3 nitrogen and oxygen atoms in total. The molecule has 0 amide bonds. The van der Waals surface area contributed by atoms with Crippen molar-refractivity contribution >= 4 is 14.0 Å². The van der Waals surface area contributed by atoms with Gasteiger partial charge < -0.3 is 15.3 Å². The number of hydrogen-bond donors (Lipinski definition) is 2. The fraction of sp³-hybridized carbons (Fsp3) is 0.538. The number of aliphatic hydroxyl groups excluding tert-OH is 1. The van der Waals surface area contributed by atoms with E-state index in [1.165, 1.54) is 0 Å². The van der Waals surface area contributed by atoms with Crippen molar-refractivity contribution in [1.82, 2.24) is 0 Å². The van der Waals surface area contributed by atoms with Gasteiger partial charge in [0.1, 0.15) is 5.75 Å². The molecule has 0 heterocycles. The summed E-state index contributed by atoms with van der Waals surface area (Å²) in [4.78, 5) is 0. The van der Waals surface area contributed by atoms with E-state index in [4.69, 9.17) is 15.3 Å². The molecule has 4 heteroatoms. The van der Waals surface area contributed by atoms with Crippen LogP contribution in [0.1, 0.15) is 26.3 Å². The average molecular weight is 253 g/mol. The molecular formula is C13H23NO2Si. The zero-order chi connectivity index (χ0) is 13.3. The molecule has 0 radical (unpaired) electrons. The molecule has 3 N–H and O–H groups in total.